The SMILES string of the molecule is O=C(Cn1cc(Br)ccc1=O)NCC(c1cccc(F)c1)N1CCOCC1. The minimum Gasteiger partial charge on any atom is -0.379 e. The van der Waals surface area contributed by atoms with Crippen molar-refractivity contribution in [3.05, 3.63) is 68.8 Å². The summed E-state index contributed by atoms with van der Waals surface area (Å²) in [6.45, 7) is 2.88. The fourth-order valence-electron chi connectivity index (χ4n) is 3.11. The van der Waals surface area contributed by atoms with Gasteiger partial charge in [-0.1, -0.05) is 12.1 Å². The Labute approximate surface area is 165 Å². The summed E-state index contributed by atoms with van der Waals surface area (Å²) in [4.78, 5) is 26.4. The molecule has 6 nitrogen and oxygen atoms in total. The summed E-state index contributed by atoms with van der Waals surface area (Å²) >= 11 is 3.29. The van der Waals surface area contributed by atoms with E-state index in [9.17, 15) is 14.0 Å². The molecule has 1 fully saturated rings. The number of hydrogen-bond acceptors (Lipinski definition) is 4. The molecule has 144 valence electrons. The predicted octanol–water partition coefficient (Wildman–Crippen LogP) is 1.94. The van der Waals surface area contributed by atoms with E-state index < -0.39 is 0 Å². The van der Waals surface area contributed by atoms with Crippen LogP contribution in [0.3, 0.4) is 0 Å². The Balaban J connectivity index is 1.69. The number of morpholine rings is 1. The first-order chi connectivity index (χ1) is 13.0. The summed E-state index contributed by atoms with van der Waals surface area (Å²) in [5.74, 6) is -0.581. The largest absolute Gasteiger partial charge is 0.379 e. The maximum absolute atomic E-state index is 13.7. The Morgan fingerprint density at radius 1 is 1.26 bits per heavy atom. The Hall–Kier alpha value is -2.03. The Morgan fingerprint density at radius 3 is 2.78 bits per heavy atom. The van der Waals surface area contributed by atoms with E-state index in [0.717, 1.165) is 10.0 Å². The first-order valence-electron chi connectivity index (χ1n) is 8.73. The zero-order valence-corrected chi connectivity index (χ0v) is 16.3. The molecule has 2 aromatic rings. The highest BCUT2D eigenvalue weighted by atomic mass is 79.9. The molecule has 3 rings (SSSR count). The number of nitrogens with zero attached hydrogens (tertiary/aromatic N) is 2. The van der Waals surface area contributed by atoms with E-state index >= 15 is 0 Å². The molecule has 0 spiro atoms. The number of aromatic nitrogens is 1. The fraction of sp³-hybridized carbons (Fsp3) is 0.368. The van der Waals surface area contributed by atoms with Gasteiger partial charge in [0.25, 0.3) is 5.56 Å². The standard InChI is InChI=1S/C19H21BrFN3O3/c20-15-4-5-19(26)24(12-15)13-18(25)22-11-17(23-6-8-27-9-7-23)14-2-1-3-16(21)10-14/h1-5,10,12,17H,6-9,11,13H2,(H,22,25). The topological polar surface area (TPSA) is 63.6 Å². The Morgan fingerprint density at radius 2 is 2.04 bits per heavy atom. The third kappa shape index (κ3) is 5.47. The molecule has 0 bridgehead atoms. The van der Waals surface area contributed by atoms with Gasteiger partial charge in [-0.3, -0.25) is 14.5 Å². The monoisotopic (exact) mass is 437 g/mol. The quantitative estimate of drug-likeness (QED) is 0.749. The van der Waals surface area contributed by atoms with Gasteiger partial charge in [-0.25, -0.2) is 4.39 Å². The minimum absolute atomic E-state index is 0.0722. The molecule has 0 saturated carbocycles. The average Bonchev–Trinajstić information content (AvgIpc) is 2.66. The molecule has 27 heavy (non-hydrogen) atoms. The van der Waals surface area contributed by atoms with Gasteiger partial charge in [0.1, 0.15) is 12.4 Å². The molecule has 1 atom stereocenters. The van der Waals surface area contributed by atoms with Crippen molar-refractivity contribution in [2.45, 2.75) is 12.6 Å². The van der Waals surface area contributed by atoms with Crippen molar-refractivity contribution in [2.75, 3.05) is 32.8 Å². The molecule has 1 saturated heterocycles. The minimum atomic E-state index is -0.308. The van der Waals surface area contributed by atoms with Gasteiger partial charge in [0, 0.05) is 36.4 Å². The van der Waals surface area contributed by atoms with Crippen molar-refractivity contribution in [1.29, 1.82) is 0 Å². The van der Waals surface area contributed by atoms with Crippen LogP contribution in [-0.2, 0) is 16.1 Å². The van der Waals surface area contributed by atoms with Crippen LogP contribution in [0.25, 0.3) is 0 Å². The van der Waals surface area contributed by atoms with Crippen LogP contribution in [0.1, 0.15) is 11.6 Å². The molecule has 1 unspecified atom stereocenters. The van der Waals surface area contributed by atoms with E-state index in [1.165, 1.54) is 22.8 Å². The van der Waals surface area contributed by atoms with E-state index in [0.29, 0.717) is 32.8 Å². The smallest absolute Gasteiger partial charge is 0.251 e. The van der Waals surface area contributed by atoms with E-state index in [4.69, 9.17) is 4.74 Å². The summed E-state index contributed by atoms with van der Waals surface area (Å²) in [6.07, 6.45) is 1.58. The number of nitrogens with one attached hydrogen (secondary N) is 1. The molecule has 1 aliphatic heterocycles. The molecule has 1 N–H and O–H groups in total. The van der Waals surface area contributed by atoms with Crippen LogP contribution in [0.15, 0.2) is 51.9 Å². The van der Waals surface area contributed by atoms with E-state index in [1.54, 1.807) is 18.3 Å². The molecule has 2 heterocycles. The van der Waals surface area contributed by atoms with Gasteiger partial charge in [0.15, 0.2) is 0 Å². The molecule has 0 radical (unpaired) electrons. The number of hydrogen-bond donors (Lipinski definition) is 1. The van der Waals surface area contributed by atoms with Crippen molar-refractivity contribution in [3.8, 4) is 0 Å². The molecular formula is C19H21BrFN3O3. The number of amides is 1. The molecule has 1 aromatic carbocycles. The lowest BCUT2D eigenvalue weighted by Crippen LogP contribution is -2.44. The van der Waals surface area contributed by atoms with Gasteiger partial charge in [-0.05, 0) is 39.7 Å². The Bertz CT molecular complexity index is 852. The van der Waals surface area contributed by atoms with Gasteiger partial charge < -0.3 is 14.6 Å². The highest BCUT2D eigenvalue weighted by Gasteiger charge is 2.23. The summed E-state index contributed by atoms with van der Waals surface area (Å²) in [5, 5.41) is 2.87. The fourth-order valence-corrected chi connectivity index (χ4v) is 3.49. The summed E-state index contributed by atoms with van der Waals surface area (Å²) in [5.41, 5.74) is 0.556. The number of carbonyl (C=O) groups is 1. The number of carbonyl (C=O) groups excluding carboxylic acids is 1. The normalized spacial score (nSPS) is 16.1. The number of benzene rings is 1. The van der Waals surface area contributed by atoms with Crippen LogP contribution in [0.4, 0.5) is 4.39 Å². The highest BCUT2D eigenvalue weighted by Crippen LogP contribution is 2.22. The van der Waals surface area contributed by atoms with Crippen LogP contribution >= 0.6 is 15.9 Å². The second-order valence-corrected chi connectivity index (χ2v) is 7.25. The molecule has 1 aliphatic rings. The first kappa shape index (κ1) is 19.7. The van der Waals surface area contributed by atoms with Crippen molar-refractivity contribution < 1.29 is 13.9 Å². The van der Waals surface area contributed by atoms with Crippen LogP contribution in [0.2, 0.25) is 0 Å². The number of pyridine rings is 1. The molecule has 8 heteroatoms. The molecule has 1 amide bonds. The van der Waals surface area contributed by atoms with Crippen LogP contribution in [0.5, 0.6) is 0 Å². The maximum Gasteiger partial charge on any atom is 0.251 e. The predicted molar refractivity (Wildman–Crippen MR) is 103 cm³/mol. The van der Waals surface area contributed by atoms with E-state index in [-0.39, 0.29) is 29.9 Å². The van der Waals surface area contributed by atoms with Crippen molar-refractivity contribution >= 4 is 21.8 Å². The number of ether oxygens (including phenoxy) is 1. The van der Waals surface area contributed by atoms with Crippen molar-refractivity contribution in [1.82, 2.24) is 14.8 Å². The summed E-state index contributed by atoms with van der Waals surface area (Å²) in [7, 11) is 0. The van der Waals surface area contributed by atoms with Gasteiger partial charge in [-0.2, -0.15) is 0 Å². The van der Waals surface area contributed by atoms with Gasteiger partial charge in [-0.15, -0.1) is 0 Å². The van der Waals surface area contributed by atoms with Crippen LogP contribution in [0, 0.1) is 5.82 Å². The zero-order valence-electron chi connectivity index (χ0n) is 14.7. The maximum atomic E-state index is 13.7. The highest BCUT2D eigenvalue weighted by molar-refractivity contribution is 9.10. The third-order valence-electron chi connectivity index (χ3n) is 4.47. The second kappa shape index (κ2) is 9.25. The molecular weight excluding hydrogens is 417 g/mol. The van der Waals surface area contributed by atoms with Crippen molar-refractivity contribution in [2.24, 2.45) is 0 Å². The van der Waals surface area contributed by atoms with Crippen molar-refractivity contribution in [3.63, 3.8) is 0 Å². The van der Waals surface area contributed by atoms with E-state index in [1.807, 2.05) is 6.07 Å². The van der Waals surface area contributed by atoms with Crippen LogP contribution < -0.4 is 10.9 Å². The van der Waals surface area contributed by atoms with Crippen LogP contribution in [-0.4, -0.2) is 48.2 Å². The van der Waals surface area contributed by atoms with Gasteiger partial charge >= 0.3 is 0 Å². The lowest BCUT2D eigenvalue weighted by Gasteiger charge is -2.35. The van der Waals surface area contributed by atoms with E-state index in [2.05, 4.69) is 26.1 Å². The molecule has 1 aromatic heterocycles. The van der Waals surface area contributed by atoms with Gasteiger partial charge in [0.2, 0.25) is 5.91 Å². The second-order valence-electron chi connectivity index (χ2n) is 6.34. The average molecular weight is 438 g/mol. The summed E-state index contributed by atoms with van der Waals surface area (Å²) in [6, 6.07) is 9.29. The molecule has 0 aliphatic carbocycles. The lowest BCUT2D eigenvalue weighted by molar-refractivity contribution is -0.122. The zero-order chi connectivity index (χ0) is 19.2. The summed E-state index contributed by atoms with van der Waals surface area (Å²) < 4.78 is 21.1. The van der Waals surface area contributed by atoms with Gasteiger partial charge in [0.05, 0.1) is 19.3 Å². The first-order valence-corrected chi connectivity index (χ1v) is 9.52. The number of halogens is 2. The Kier molecular flexibility index (Phi) is 6.76. The lowest BCUT2D eigenvalue weighted by atomic mass is 10.0. The number of rotatable bonds is 6. The third-order valence-corrected chi connectivity index (χ3v) is 4.94.